The molecule has 0 amide bonds. The number of primary sulfonamides is 1. The summed E-state index contributed by atoms with van der Waals surface area (Å²) in [4.78, 5) is 15.9. The van der Waals surface area contributed by atoms with Crippen LogP contribution in [-0.2, 0) is 14.8 Å². The van der Waals surface area contributed by atoms with Gasteiger partial charge in [0, 0.05) is 6.20 Å². The normalized spacial score (nSPS) is 11.4. The Morgan fingerprint density at radius 2 is 2.19 bits per heavy atom. The molecule has 0 aliphatic rings. The molecule has 0 saturated heterocycles. The van der Waals surface area contributed by atoms with Crippen LogP contribution in [0.15, 0.2) is 29.6 Å². The lowest BCUT2D eigenvalue weighted by molar-refractivity contribution is 0.0521. The molecule has 0 spiro atoms. The van der Waals surface area contributed by atoms with Crippen molar-refractivity contribution in [1.82, 2.24) is 14.8 Å². The van der Waals surface area contributed by atoms with Gasteiger partial charge in [0.1, 0.15) is 5.56 Å². The molecule has 0 aliphatic heterocycles. The van der Waals surface area contributed by atoms with E-state index in [4.69, 9.17) is 9.88 Å². The summed E-state index contributed by atoms with van der Waals surface area (Å²) in [5.74, 6) is -0.529. The quantitative estimate of drug-likeness (QED) is 0.817. The van der Waals surface area contributed by atoms with E-state index in [1.807, 2.05) is 0 Å². The first kappa shape index (κ1) is 15.1. The molecule has 0 fully saturated rings. The zero-order valence-electron chi connectivity index (χ0n) is 11.5. The molecule has 2 heterocycles. The average Bonchev–Trinajstić information content (AvgIpc) is 2.84. The first-order valence-electron chi connectivity index (χ1n) is 6.06. The number of pyridine rings is 1. The number of nitrogens with zero attached hydrogens (tertiary/aromatic N) is 3. The van der Waals surface area contributed by atoms with Crippen LogP contribution >= 0.6 is 0 Å². The first-order chi connectivity index (χ1) is 9.86. The van der Waals surface area contributed by atoms with E-state index in [0.29, 0.717) is 5.56 Å². The van der Waals surface area contributed by atoms with Crippen LogP contribution in [0.2, 0.25) is 0 Å². The summed E-state index contributed by atoms with van der Waals surface area (Å²) in [5.41, 5.74) is 0.463. The second-order valence-electron chi connectivity index (χ2n) is 4.18. The Balaban J connectivity index is 2.70. The predicted molar refractivity (Wildman–Crippen MR) is 73.4 cm³/mol. The highest BCUT2D eigenvalue weighted by Gasteiger charge is 2.28. The second-order valence-corrected chi connectivity index (χ2v) is 5.66. The average molecular weight is 310 g/mol. The molecular formula is C12H14N4O4S. The maximum Gasteiger partial charge on any atom is 0.342 e. The Morgan fingerprint density at radius 3 is 2.76 bits per heavy atom. The molecular weight excluding hydrogens is 296 g/mol. The zero-order valence-corrected chi connectivity index (χ0v) is 12.3. The van der Waals surface area contributed by atoms with Gasteiger partial charge < -0.3 is 4.74 Å². The number of ether oxygens (including phenoxy) is 1. The van der Waals surface area contributed by atoms with Crippen molar-refractivity contribution in [3.05, 3.63) is 35.7 Å². The third kappa shape index (κ3) is 2.93. The molecule has 2 N–H and O–H groups in total. The molecule has 0 radical (unpaired) electrons. The maximum absolute atomic E-state index is 11.8. The number of sulfonamides is 1. The summed E-state index contributed by atoms with van der Waals surface area (Å²) in [6.07, 6.45) is 2.59. The van der Waals surface area contributed by atoms with Crippen molar-refractivity contribution in [2.45, 2.75) is 18.9 Å². The number of aryl methyl sites for hydroxylation is 1. The third-order valence-corrected chi connectivity index (χ3v) is 3.60. The van der Waals surface area contributed by atoms with E-state index in [-0.39, 0.29) is 18.0 Å². The maximum atomic E-state index is 11.8. The van der Waals surface area contributed by atoms with Gasteiger partial charge in [0.05, 0.1) is 12.8 Å². The van der Waals surface area contributed by atoms with Gasteiger partial charge >= 0.3 is 5.97 Å². The number of esters is 1. The Morgan fingerprint density at radius 1 is 1.48 bits per heavy atom. The van der Waals surface area contributed by atoms with Crippen LogP contribution in [0.25, 0.3) is 5.82 Å². The molecule has 8 nitrogen and oxygen atoms in total. The van der Waals surface area contributed by atoms with Gasteiger partial charge in [-0.2, -0.15) is 5.10 Å². The number of carbonyl (C=O) groups is 1. The summed E-state index contributed by atoms with van der Waals surface area (Å²) < 4.78 is 29.5. The molecule has 112 valence electrons. The summed E-state index contributed by atoms with van der Waals surface area (Å²) in [6, 6.07) is 3.44. The molecule has 0 atom stereocenters. The second kappa shape index (κ2) is 5.62. The standard InChI is InChI=1S/C12H14N4O4S/c1-3-20-12(17)9-7-15-16(11(9)21(13,18)19)10-8(2)5-4-6-14-10/h4-7H,3H2,1-2H3,(H2,13,18,19). The molecule has 21 heavy (non-hydrogen) atoms. The van der Waals surface area contributed by atoms with Crippen molar-refractivity contribution in [2.24, 2.45) is 5.14 Å². The van der Waals surface area contributed by atoms with Crippen molar-refractivity contribution in [1.29, 1.82) is 0 Å². The molecule has 0 aliphatic carbocycles. The van der Waals surface area contributed by atoms with Gasteiger partial charge in [-0.15, -0.1) is 0 Å². The molecule has 0 unspecified atom stereocenters. The van der Waals surface area contributed by atoms with Crippen molar-refractivity contribution < 1.29 is 17.9 Å². The first-order valence-corrected chi connectivity index (χ1v) is 7.60. The van der Waals surface area contributed by atoms with E-state index in [1.54, 1.807) is 26.0 Å². The van der Waals surface area contributed by atoms with Gasteiger partial charge in [0.2, 0.25) is 0 Å². The number of hydrogen-bond donors (Lipinski definition) is 1. The van der Waals surface area contributed by atoms with Crippen LogP contribution in [0.3, 0.4) is 0 Å². The molecule has 0 saturated carbocycles. The van der Waals surface area contributed by atoms with Crippen LogP contribution in [-0.4, -0.2) is 35.8 Å². The lowest BCUT2D eigenvalue weighted by Crippen LogP contribution is -2.21. The molecule has 2 aromatic rings. The smallest absolute Gasteiger partial charge is 0.342 e. The van der Waals surface area contributed by atoms with E-state index in [0.717, 1.165) is 10.9 Å². The van der Waals surface area contributed by atoms with Crippen molar-refractivity contribution in [3.8, 4) is 5.82 Å². The molecule has 2 rings (SSSR count). The number of aromatic nitrogens is 3. The van der Waals surface area contributed by atoms with E-state index < -0.39 is 21.0 Å². The highest BCUT2D eigenvalue weighted by molar-refractivity contribution is 7.89. The van der Waals surface area contributed by atoms with Gasteiger partial charge in [-0.05, 0) is 25.5 Å². The molecule has 0 aromatic carbocycles. The Labute approximate surface area is 121 Å². The summed E-state index contributed by atoms with van der Waals surface area (Å²) in [6.45, 7) is 3.46. The zero-order chi connectivity index (χ0) is 15.6. The Bertz CT molecular complexity index is 782. The lowest BCUT2D eigenvalue weighted by Gasteiger charge is -2.08. The number of nitrogens with two attached hydrogens (primary N) is 1. The minimum absolute atomic E-state index is 0.108. The van der Waals surface area contributed by atoms with Gasteiger partial charge in [-0.25, -0.2) is 28.0 Å². The fraction of sp³-hybridized carbons (Fsp3) is 0.250. The number of carbonyl (C=O) groups excluding carboxylic acids is 1. The largest absolute Gasteiger partial charge is 0.462 e. The topological polar surface area (TPSA) is 117 Å². The minimum Gasteiger partial charge on any atom is -0.462 e. The Kier molecular flexibility index (Phi) is 4.05. The SMILES string of the molecule is CCOC(=O)c1cnn(-c2ncccc2C)c1S(N)(=O)=O. The molecule has 0 bridgehead atoms. The van der Waals surface area contributed by atoms with Crippen molar-refractivity contribution in [2.75, 3.05) is 6.61 Å². The van der Waals surface area contributed by atoms with Gasteiger partial charge in [-0.3, -0.25) is 0 Å². The molecule has 2 aromatic heterocycles. The predicted octanol–water partition coefficient (Wildman–Crippen LogP) is 0.400. The van der Waals surface area contributed by atoms with Gasteiger partial charge in [-0.1, -0.05) is 6.07 Å². The van der Waals surface area contributed by atoms with E-state index >= 15 is 0 Å². The van der Waals surface area contributed by atoms with Crippen molar-refractivity contribution >= 4 is 16.0 Å². The summed E-state index contributed by atoms with van der Waals surface area (Å²) in [7, 11) is -4.19. The van der Waals surface area contributed by atoms with Crippen LogP contribution in [0, 0.1) is 6.92 Å². The summed E-state index contributed by atoms with van der Waals surface area (Å²) in [5, 5.41) is 8.67. The fourth-order valence-corrected chi connectivity index (χ4v) is 2.63. The van der Waals surface area contributed by atoms with Gasteiger partial charge in [0.15, 0.2) is 10.8 Å². The van der Waals surface area contributed by atoms with Crippen LogP contribution in [0.4, 0.5) is 0 Å². The highest BCUT2D eigenvalue weighted by atomic mass is 32.2. The monoisotopic (exact) mass is 310 g/mol. The van der Waals surface area contributed by atoms with Crippen molar-refractivity contribution in [3.63, 3.8) is 0 Å². The minimum atomic E-state index is -4.19. The van der Waals surface area contributed by atoms with Crippen LogP contribution in [0.1, 0.15) is 22.8 Å². The Hall–Kier alpha value is -2.26. The molecule has 9 heteroatoms. The highest BCUT2D eigenvalue weighted by Crippen LogP contribution is 2.20. The number of rotatable bonds is 4. The van der Waals surface area contributed by atoms with E-state index in [9.17, 15) is 13.2 Å². The van der Waals surface area contributed by atoms with E-state index in [2.05, 4.69) is 10.1 Å². The van der Waals surface area contributed by atoms with Gasteiger partial charge in [0.25, 0.3) is 10.0 Å². The third-order valence-electron chi connectivity index (χ3n) is 2.67. The van der Waals surface area contributed by atoms with E-state index in [1.165, 1.54) is 6.20 Å². The lowest BCUT2D eigenvalue weighted by atomic mass is 10.3. The summed E-state index contributed by atoms with van der Waals surface area (Å²) >= 11 is 0. The number of hydrogen-bond acceptors (Lipinski definition) is 6. The van der Waals surface area contributed by atoms with Crippen LogP contribution in [0.5, 0.6) is 0 Å². The fourth-order valence-electron chi connectivity index (χ4n) is 1.81. The van der Waals surface area contributed by atoms with Crippen LogP contribution < -0.4 is 5.14 Å².